The zero-order valence-corrected chi connectivity index (χ0v) is 15.0. The predicted octanol–water partition coefficient (Wildman–Crippen LogP) is 2.21. The summed E-state index contributed by atoms with van der Waals surface area (Å²) in [5, 5.41) is 3.06. The second-order valence-electron chi connectivity index (χ2n) is 6.91. The van der Waals surface area contributed by atoms with E-state index in [4.69, 9.17) is 4.74 Å². The number of nitrogens with one attached hydrogen (secondary N) is 1. The van der Waals surface area contributed by atoms with Crippen molar-refractivity contribution in [1.29, 1.82) is 0 Å². The Balaban J connectivity index is 1.60. The Morgan fingerprint density at radius 1 is 1.57 bits per heavy atom. The maximum Gasteiger partial charge on any atom is 0.223 e. The second-order valence-corrected chi connectivity index (χ2v) is 7.85. The number of carbonyl (C=O) groups is 1. The van der Waals surface area contributed by atoms with Crippen molar-refractivity contribution in [2.45, 2.75) is 39.2 Å². The molecule has 1 aliphatic carbocycles. The fourth-order valence-corrected chi connectivity index (χ4v) is 5.05. The van der Waals surface area contributed by atoms with Crippen LogP contribution in [0.15, 0.2) is 5.51 Å². The van der Waals surface area contributed by atoms with Gasteiger partial charge >= 0.3 is 0 Å². The quantitative estimate of drug-likeness (QED) is 0.809. The first-order chi connectivity index (χ1) is 11.1. The molecule has 2 fully saturated rings. The van der Waals surface area contributed by atoms with Gasteiger partial charge in [-0.1, -0.05) is 6.42 Å². The normalized spacial score (nSPS) is 27.8. The minimum absolute atomic E-state index is 0.173. The van der Waals surface area contributed by atoms with E-state index in [0.29, 0.717) is 13.2 Å². The van der Waals surface area contributed by atoms with Crippen molar-refractivity contribution in [3.05, 3.63) is 16.1 Å². The molecular weight excluding hydrogens is 310 g/mol. The molecule has 1 aromatic rings. The minimum Gasteiger partial charge on any atom is -0.383 e. The van der Waals surface area contributed by atoms with E-state index in [-0.39, 0.29) is 17.2 Å². The third-order valence-electron chi connectivity index (χ3n) is 5.51. The van der Waals surface area contributed by atoms with Gasteiger partial charge in [0.1, 0.15) is 0 Å². The topological polar surface area (TPSA) is 54.5 Å². The number of carbonyl (C=O) groups excluding carboxylic acids is 1. The van der Waals surface area contributed by atoms with Gasteiger partial charge < -0.3 is 10.1 Å². The zero-order valence-electron chi connectivity index (χ0n) is 14.1. The number of nitrogens with zero attached hydrogens (tertiary/aromatic N) is 2. The molecule has 1 N–H and O–H groups in total. The van der Waals surface area contributed by atoms with Crippen LogP contribution in [0.3, 0.4) is 0 Å². The third kappa shape index (κ3) is 3.59. The summed E-state index contributed by atoms with van der Waals surface area (Å²) in [5.74, 6) is 0.405. The summed E-state index contributed by atoms with van der Waals surface area (Å²) in [5.41, 5.74) is 3.27. The number of hydrogen-bond acceptors (Lipinski definition) is 5. The van der Waals surface area contributed by atoms with E-state index in [2.05, 4.69) is 22.1 Å². The number of likely N-dealkylation sites (tertiary alicyclic amines) is 1. The Labute approximate surface area is 142 Å². The van der Waals surface area contributed by atoms with Gasteiger partial charge in [-0.25, -0.2) is 4.98 Å². The molecule has 6 heteroatoms. The molecule has 1 spiro atoms. The SMILES string of the molecule is COCCNC(=O)[C@H]1CCC[C@]12CCN(Cc1scnc1C)C2. The molecule has 1 amide bonds. The first kappa shape index (κ1) is 16.9. The third-order valence-corrected chi connectivity index (χ3v) is 6.42. The molecule has 3 rings (SSSR count). The summed E-state index contributed by atoms with van der Waals surface area (Å²) in [4.78, 5) is 20.8. The lowest BCUT2D eigenvalue weighted by Crippen LogP contribution is -2.41. The molecule has 1 saturated carbocycles. The number of thiazole rings is 1. The van der Waals surface area contributed by atoms with Gasteiger partial charge in [0.05, 0.1) is 17.8 Å². The summed E-state index contributed by atoms with van der Waals surface area (Å²) >= 11 is 1.74. The van der Waals surface area contributed by atoms with Gasteiger partial charge in [-0.3, -0.25) is 9.69 Å². The summed E-state index contributed by atoms with van der Waals surface area (Å²) in [6.07, 6.45) is 4.54. The number of methoxy groups -OCH3 is 1. The molecular formula is C17H27N3O2S. The van der Waals surface area contributed by atoms with Crippen LogP contribution in [0.4, 0.5) is 0 Å². The first-order valence-corrected chi connectivity index (χ1v) is 9.40. The van der Waals surface area contributed by atoms with E-state index in [9.17, 15) is 4.79 Å². The lowest BCUT2D eigenvalue weighted by Gasteiger charge is -2.30. The van der Waals surface area contributed by atoms with Gasteiger partial charge in [-0.05, 0) is 38.1 Å². The average Bonchev–Trinajstić information content (AvgIpc) is 3.23. The number of aryl methyl sites for hydroxylation is 1. The summed E-state index contributed by atoms with van der Waals surface area (Å²) in [7, 11) is 1.67. The van der Waals surface area contributed by atoms with Crippen LogP contribution < -0.4 is 5.32 Å². The van der Waals surface area contributed by atoms with Crippen LogP contribution in [0.1, 0.15) is 36.3 Å². The van der Waals surface area contributed by atoms with Gasteiger partial charge in [0.15, 0.2) is 0 Å². The minimum atomic E-state index is 0.173. The number of aromatic nitrogens is 1. The molecule has 2 atom stereocenters. The highest BCUT2D eigenvalue weighted by Gasteiger charge is 2.50. The Kier molecular flexibility index (Phi) is 5.34. The van der Waals surface area contributed by atoms with E-state index in [1.165, 1.54) is 17.7 Å². The summed E-state index contributed by atoms with van der Waals surface area (Å²) in [6.45, 7) is 6.41. The first-order valence-electron chi connectivity index (χ1n) is 8.52. The van der Waals surface area contributed by atoms with Crippen molar-refractivity contribution in [3.63, 3.8) is 0 Å². The van der Waals surface area contributed by atoms with Crippen molar-refractivity contribution >= 4 is 17.2 Å². The van der Waals surface area contributed by atoms with Crippen LogP contribution in [0.2, 0.25) is 0 Å². The summed E-state index contributed by atoms with van der Waals surface area (Å²) < 4.78 is 5.03. The van der Waals surface area contributed by atoms with Crippen molar-refractivity contribution in [2.75, 3.05) is 33.4 Å². The second kappa shape index (κ2) is 7.28. The van der Waals surface area contributed by atoms with E-state index < -0.39 is 0 Å². The highest BCUT2D eigenvalue weighted by atomic mass is 32.1. The van der Waals surface area contributed by atoms with Crippen molar-refractivity contribution < 1.29 is 9.53 Å². The van der Waals surface area contributed by atoms with Crippen LogP contribution in [-0.2, 0) is 16.1 Å². The summed E-state index contributed by atoms with van der Waals surface area (Å²) in [6, 6.07) is 0. The Morgan fingerprint density at radius 3 is 3.17 bits per heavy atom. The van der Waals surface area contributed by atoms with Gasteiger partial charge in [0, 0.05) is 37.5 Å². The van der Waals surface area contributed by atoms with Gasteiger partial charge in [-0.2, -0.15) is 0 Å². The predicted molar refractivity (Wildman–Crippen MR) is 91.4 cm³/mol. The van der Waals surface area contributed by atoms with Crippen molar-refractivity contribution in [1.82, 2.24) is 15.2 Å². The molecule has 128 valence electrons. The lowest BCUT2D eigenvalue weighted by atomic mass is 9.76. The standard InChI is InChI=1S/C17H27N3O2S/c1-13-15(23-12-19-13)10-20-8-6-17(11-20)5-3-4-14(17)16(21)18-7-9-22-2/h12,14H,3-11H2,1-2H3,(H,18,21)/t14-,17-/m1/s1. The maximum atomic E-state index is 12.6. The number of rotatable bonds is 6. The van der Waals surface area contributed by atoms with Crippen LogP contribution in [0.25, 0.3) is 0 Å². The highest BCUT2D eigenvalue weighted by Crippen LogP contribution is 2.50. The van der Waals surface area contributed by atoms with E-state index in [1.807, 2.05) is 5.51 Å². The zero-order chi connectivity index (χ0) is 16.3. The Bertz CT molecular complexity index is 548. The van der Waals surface area contributed by atoms with Crippen LogP contribution >= 0.6 is 11.3 Å². The molecule has 5 nitrogen and oxygen atoms in total. The molecule has 2 aliphatic rings. The Hall–Kier alpha value is -0.980. The fraction of sp³-hybridized carbons (Fsp3) is 0.765. The molecule has 23 heavy (non-hydrogen) atoms. The lowest BCUT2D eigenvalue weighted by molar-refractivity contribution is -0.128. The monoisotopic (exact) mass is 337 g/mol. The molecule has 0 radical (unpaired) electrons. The van der Waals surface area contributed by atoms with E-state index >= 15 is 0 Å². The van der Waals surface area contributed by atoms with Crippen molar-refractivity contribution in [3.8, 4) is 0 Å². The van der Waals surface area contributed by atoms with Gasteiger partial charge in [-0.15, -0.1) is 11.3 Å². The molecule has 0 aromatic carbocycles. The number of amides is 1. The Morgan fingerprint density at radius 2 is 2.43 bits per heavy atom. The van der Waals surface area contributed by atoms with Gasteiger partial charge in [0.2, 0.25) is 5.91 Å². The number of hydrogen-bond donors (Lipinski definition) is 1. The molecule has 1 aliphatic heterocycles. The molecule has 1 saturated heterocycles. The highest BCUT2D eigenvalue weighted by molar-refractivity contribution is 7.09. The largest absolute Gasteiger partial charge is 0.383 e. The average molecular weight is 337 g/mol. The van der Waals surface area contributed by atoms with Crippen molar-refractivity contribution in [2.24, 2.45) is 11.3 Å². The van der Waals surface area contributed by atoms with E-state index in [1.54, 1.807) is 18.4 Å². The molecule has 0 bridgehead atoms. The number of ether oxygens (including phenoxy) is 1. The van der Waals surface area contributed by atoms with Crippen LogP contribution in [-0.4, -0.2) is 49.1 Å². The molecule has 2 heterocycles. The fourth-order valence-electron chi connectivity index (χ4n) is 4.24. The maximum absolute atomic E-state index is 12.6. The van der Waals surface area contributed by atoms with Crippen LogP contribution in [0.5, 0.6) is 0 Å². The molecule has 0 unspecified atom stereocenters. The van der Waals surface area contributed by atoms with E-state index in [0.717, 1.165) is 38.2 Å². The smallest absolute Gasteiger partial charge is 0.223 e. The molecule has 1 aromatic heterocycles. The van der Waals surface area contributed by atoms with Crippen LogP contribution in [0, 0.1) is 18.3 Å². The van der Waals surface area contributed by atoms with Gasteiger partial charge in [0.25, 0.3) is 0 Å².